The van der Waals surface area contributed by atoms with Gasteiger partial charge in [0.2, 0.25) is 5.13 Å². The first-order valence-electron chi connectivity index (χ1n) is 8.10. The highest BCUT2D eigenvalue weighted by Gasteiger charge is 2.22. The van der Waals surface area contributed by atoms with Crippen LogP contribution in [-0.4, -0.2) is 31.0 Å². The molecule has 1 N–H and O–H groups in total. The lowest BCUT2D eigenvalue weighted by Crippen LogP contribution is -2.31. The summed E-state index contributed by atoms with van der Waals surface area (Å²) in [7, 11) is 0. The maximum atomic E-state index is 14.0. The standard InChI is InChI=1S/C16H16BrFN6S/c1-2-13-20-14-6-4-10(8-24(14)23-13)19-16-22-21-15(25-16)11-7-9(17)3-5-12(11)18/h3,5,7,10H,2,4,6,8H2,1H3,(H,19,22). The first-order chi connectivity index (χ1) is 12.1. The number of halogens is 2. The van der Waals surface area contributed by atoms with Crippen LogP contribution in [0.25, 0.3) is 10.6 Å². The lowest BCUT2D eigenvalue weighted by Gasteiger charge is -2.22. The zero-order valence-electron chi connectivity index (χ0n) is 13.5. The first kappa shape index (κ1) is 16.6. The van der Waals surface area contributed by atoms with E-state index in [1.54, 1.807) is 12.1 Å². The minimum atomic E-state index is -0.303. The Balaban J connectivity index is 1.49. The van der Waals surface area contributed by atoms with Gasteiger partial charge in [0.1, 0.15) is 11.6 Å². The largest absolute Gasteiger partial charge is 0.355 e. The molecule has 0 aliphatic carbocycles. The molecule has 2 aromatic heterocycles. The SMILES string of the molecule is CCc1nc2n(n1)CC(Nc1nnc(-c3cc(Br)ccc3F)s1)CC2. The number of aryl methyl sites for hydroxylation is 2. The molecule has 9 heteroatoms. The number of nitrogens with zero attached hydrogens (tertiary/aromatic N) is 5. The van der Waals surface area contributed by atoms with Crippen molar-refractivity contribution in [3.8, 4) is 10.6 Å². The molecule has 3 heterocycles. The van der Waals surface area contributed by atoms with E-state index in [4.69, 9.17) is 0 Å². The molecular formula is C16H16BrFN6S. The fraction of sp³-hybridized carbons (Fsp3) is 0.375. The number of rotatable bonds is 4. The van der Waals surface area contributed by atoms with Crippen LogP contribution in [0.5, 0.6) is 0 Å². The van der Waals surface area contributed by atoms with E-state index >= 15 is 0 Å². The molecule has 0 saturated heterocycles. The predicted octanol–water partition coefficient (Wildman–Crippen LogP) is 3.69. The fourth-order valence-corrected chi connectivity index (χ4v) is 4.05. The average Bonchev–Trinajstić information content (AvgIpc) is 3.23. The van der Waals surface area contributed by atoms with Gasteiger partial charge in [-0.25, -0.2) is 14.1 Å². The zero-order valence-corrected chi connectivity index (χ0v) is 15.9. The number of hydrogen-bond donors (Lipinski definition) is 1. The normalized spacial score (nSPS) is 16.7. The molecule has 25 heavy (non-hydrogen) atoms. The highest BCUT2D eigenvalue weighted by molar-refractivity contribution is 9.10. The van der Waals surface area contributed by atoms with E-state index in [1.807, 2.05) is 4.68 Å². The Hall–Kier alpha value is -1.87. The summed E-state index contributed by atoms with van der Waals surface area (Å²) in [5.41, 5.74) is 0.453. The third kappa shape index (κ3) is 3.43. The van der Waals surface area contributed by atoms with Crippen molar-refractivity contribution in [2.75, 3.05) is 5.32 Å². The smallest absolute Gasteiger partial charge is 0.206 e. The fourth-order valence-electron chi connectivity index (χ4n) is 2.85. The number of anilines is 1. The van der Waals surface area contributed by atoms with Gasteiger partial charge in [-0.3, -0.25) is 0 Å². The Morgan fingerprint density at radius 1 is 1.40 bits per heavy atom. The predicted molar refractivity (Wildman–Crippen MR) is 98.1 cm³/mol. The van der Waals surface area contributed by atoms with Gasteiger partial charge in [-0.1, -0.05) is 34.2 Å². The summed E-state index contributed by atoms with van der Waals surface area (Å²) < 4.78 is 16.8. The van der Waals surface area contributed by atoms with Gasteiger partial charge in [0.25, 0.3) is 0 Å². The van der Waals surface area contributed by atoms with Crippen molar-refractivity contribution in [2.24, 2.45) is 0 Å². The van der Waals surface area contributed by atoms with Gasteiger partial charge in [-0.2, -0.15) is 5.10 Å². The quantitative estimate of drug-likeness (QED) is 0.694. The van der Waals surface area contributed by atoms with Crippen LogP contribution in [-0.2, 0) is 19.4 Å². The molecule has 0 bridgehead atoms. The van der Waals surface area contributed by atoms with Crippen molar-refractivity contribution in [3.05, 3.63) is 40.1 Å². The van der Waals surface area contributed by atoms with Crippen molar-refractivity contribution >= 4 is 32.4 Å². The van der Waals surface area contributed by atoms with Crippen molar-refractivity contribution in [1.29, 1.82) is 0 Å². The molecule has 1 aliphatic heterocycles. The topological polar surface area (TPSA) is 68.5 Å². The summed E-state index contributed by atoms with van der Waals surface area (Å²) in [5.74, 6) is 1.63. The summed E-state index contributed by atoms with van der Waals surface area (Å²) >= 11 is 4.72. The van der Waals surface area contributed by atoms with Crippen LogP contribution in [0.15, 0.2) is 22.7 Å². The molecule has 1 aliphatic rings. The van der Waals surface area contributed by atoms with E-state index < -0.39 is 0 Å². The van der Waals surface area contributed by atoms with Gasteiger partial charge in [-0.05, 0) is 24.6 Å². The van der Waals surface area contributed by atoms with Crippen LogP contribution in [0.1, 0.15) is 25.0 Å². The van der Waals surface area contributed by atoms with E-state index in [9.17, 15) is 4.39 Å². The van der Waals surface area contributed by atoms with Gasteiger partial charge in [0.15, 0.2) is 10.8 Å². The highest BCUT2D eigenvalue weighted by Crippen LogP contribution is 2.31. The van der Waals surface area contributed by atoms with E-state index in [0.717, 1.165) is 41.9 Å². The minimum Gasteiger partial charge on any atom is -0.355 e. The lowest BCUT2D eigenvalue weighted by atomic mass is 10.1. The second-order valence-electron chi connectivity index (χ2n) is 5.90. The molecule has 0 amide bonds. The molecule has 1 unspecified atom stereocenters. The van der Waals surface area contributed by atoms with Gasteiger partial charge >= 0.3 is 0 Å². The summed E-state index contributed by atoms with van der Waals surface area (Å²) in [4.78, 5) is 4.53. The summed E-state index contributed by atoms with van der Waals surface area (Å²) in [6.45, 7) is 2.81. The third-order valence-electron chi connectivity index (χ3n) is 4.13. The Morgan fingerprint density at radius 2 is 2.28 bits per heavy atom. The number of fused-ring (bicyclic) bond motifs is 1. The average molecular weight is 423 g/mol. The monoisotopic (exact) mass is 422 g/mol. The maximum absolute atomic E-state index is 14.0. The number of benzene rings is 1. The molecule has 1 atom stereocenters. The van der Waals surface area contributed by atoms with Gasteiger partial charge in [-0.15, -0.1) is 10.2 Å². The lowest BCUT2D eigenvalue weighted by molar-refractivity contribution is 0.440. The molecule has 0 saturated carbocycles. The minimum absolute atomic E-state index is 0.215. The molecule has 0 spiro atoms. The van der Waals surface area contributed by atoms with Crippen LogP contribution in [0, 0.1) is 5.82 Å². The summed E-state index contributed by atoms with van der Waals surface area (Å²) in [6.07, 6.45) is 2.69. The molecule has 3 aromatic rings. The number of aromatic nitrogens is 5. The molecule has 0 radical (unpaired) electrons. The number of hydrogen-bond acceptors (Lipinski definition) is 6. The number of nitrogens with one attached hydrogen (secondary N) is 1. The van der Waals surface area contributed by atoms with E-state index in [0.29, 0.717) is 15.7 Å². The van der Waals surface area contributed by atoms with Crippen LogP contribution >= 0.6 is 27.3 Å². The molecule has 1 aromatic carbocycles. The molecule has 130 valence electrons. The summed E-state index contributed by atoms with van der Waals surface area (Å²) in [6, 6.07) is 5.02. The molecule has 6 nitrogen and oxygen atoms in total. The molecular weight excluding hydrogens is 407 g/mol. The Labute approximate surface area is 156 Å². The van der Waals surface area contributed by atoms with Crippen LogP contribution < -0.4 is 5.32 Å². The third-order valence-corrected chi connectivity index (χ3v) is 5.51. The summed E-state index contributed by atoms with van der Waals surface area (Å²) in [5, 5.41) is 17.5. The van der Waals surface area contributed by atoms with E-state index in [-0.39, 0.29) is 11.9 Å². The van der Waals surface area contributed by atoms with Gasteiger partial charge < -0.3 is 5.32 Å². The first-order valence-corrected chi connectivity index (χ1v) is 9.71. The van der Waals surface area contributed by atoms with Crippen molar-refractivity contribution in [2.45, 2.75) is 38.8 Å². The van der Waals surface area contributed by atoms with Gasteiger partial charge in [0.05, 0.1) is 6.54 Å². The van der Waals surface area contributed by atoms with Gasteiger partial charge in [0, 0.05) is 28.9 Å². The second kappa shape index (κ2) is 6.80. The van der Waals surface area contributed by atoms with Crippen molar-refractivity contribution in [3.63, 3.8) is 0 Å². The van der Waals surface area contributed by atoms with E-state index in [2.05, 4.69) is 48.5 Å². The maximum Gasteiger partial charge on any atom is 0.206 e. The molecule has 4 rings (SSSR count). The van der Waals surface area contributed by atoms with E-state index in [1.165, 1.54) is 17.4 Å². The van der Waals surface area contributed by atoms with Crippen molar-refractivity contribution in [1.82, 2.24) is 25.0 Å². The second-order valence-corrected chi connectivity index (χ2v) is 7.79. The van der Waals surface area contributed by atoms with Crippen LogP contribution in [0.4, 0.5) is 9.52 Å². The molecule has 0 fully saturated rings. The van der Waals surface area contributed by atoms with Crippen LogP contribution in [0.2, 0.25) is 0 Å². The highest BCUT2D eigenvalue weighted by atomic mass is 79.9. The Morgan fingerprint density at radius 3 is 3.12 bits per heavy atom. The Bertz CT molecular complexity index is 908. The Kier molecular flexibility index (Phi) is 4.51. The van der Waals surface area contributed by atoms with Crippen LogP contribution in [0.3, 0.4) is 0 Å². The van der Waals surface area contributed by atoms with Crippen molar-refractivity contribution < 1.29 is 4.39 Å². The zero-order chi connectivity index (χ0) is 17.4.